The number of rotatable bonds is 3. The van der Waals surface area contributed by atoms with E-state index in [4.69, 9.17) is 0 Å². The van der Waals surface area contributed by atoms with E-state index in [0.717, 1.165) is 5.56 Å². The number of carbonyl (C=O) groups is 2. The summed E-state index contributed by atoms with van der Waals surface area (Å²) in [5.74, 6) is -0.473. The largest absolute Gasteiger partial charge is 0.282 e. The highest BCUT2D eigenvalue weighted by Gasteiger charge is 2.35. The number of benzene rings is 2. The molecule has 0 radical (unpaired) electrons. The summed E-state index contributed by atoms with van der Waals surface area (Å²) >= 11 is 0. The summed E-state index contributed by atoms with van der Waals surface area (Å²) in [7, 11) is 0. The van der Waals surface area contributed by atoms with Crippen molar-refractivity contribution in [2.75, 3.05) is 6.54 Å². The van der Waals surface area contributed by atoms with Crippen LogP contribution in [0.3, 0.4) is 0 Å². The second kappa shape index (κ2) is 5.52. The van der Waals surface area contributed by atoms with Gasteiger partial charge in [0.15, 0.2) is 0 Å². The fourth-order valence-electron chi connectivity index (χ4n) is 2.73. The van der Waals surface area contributed by atoms with Gasteiger partial charge < -0.3 is 0 Å². The molecule has 1 aliphatic rings. The predicted molar refractivity (Wildman–Crippen MR) is 83.5 cm³/mol. The molecule has 0 spiro atoms. The summed E-state index contributed by atoms with van der Waals surface area (Å²) in [6, 6.07) is 14.3. The van der Waals surface area contributed by atoms with E-state index in [9.17, 15) is 9.59 Å². The van der Waals surface area contributed by atoms with E-state index in [1.807, 2.05) is 37.3 Å². The fourth-order valence-corrected chi connectivity index (χ4v) is 2.73. The SMILES string of the molecule is CCN1C(=O)CC(/C=C/c2ccc3ccccc3c2)C1=O. The molecule has 21 heavy (non-hydrogen) atoms. The Hall–Kier alpha value is -2.42. The number of imide groups is 1. The molecular weight excluding hydrogens is 262 g/mol. The van der Waals surface area contributed by atoms with Crippen molar-refractivity contribution in [1.29, 1.82) is 0 Å². The third kappa shape index (κ3) is 2.59. The van der Waals surface area contributed by atoms with Crippen molar-refractivity contribution in [3.8, 4) is 0 Å². The number of carbonyl (C=O) groups excluding carboxylic acids is 2. The Kier molecular flexibility index (Phi) is 3.57. The van der Waals surface area contributed by atoms with Crippen LogP contribution in [0.2, 0.25) is 0 Å². The van der Waals surface area contributed by atoms with E-state index in [-0.39, 0.29) is 24.2 Å². The van der Waals surface area contributed by atoms with Crippen LogP contribution in [0, 0.1) is 5.92 Å². The summed E-state index contributed by atoms with van der Waals surface area (Å²) in [4.78, 5) is 25.0. The van der Waals surface area contributed by atoms with Gasteiger partial charge in [-0.3, -0.25) is 14.5 Å². The van der Waals surface area contributed by atoms with Crippen LogP contribution in [-0.2, 0) is 9.59 Å². The molecule has 1 unspecified atom stereocenters. The lowest BCUT2D eigenvalue weighted by Gasteiger charge is -2.09. The third-order valence-corrected chi connectivity index (χ3v) is 3.89. The van der Waals surface area contributed by atoms with Gasteiger partial charge in [0.1, 0.15) is 0 Å². The van der Waals surface area contributed by atoms with Gasteiger partial charge in [-0.25, -0.2) is 0 Å². The summed E-state index contributed by atoms with van der Waals surface area (Å²) in [5, 5.41) is 2.36. The monoisotopic (exact) mass is 279 g/mol. The number of hydrogen-bond donors (Lipinski definition) is 0. The Morgan fingerprint density at radius 2 is 1.90 bits per heavy atom. The van der Waals surface area contributed by atoms with Crippen LogP contribution in [-0.4, -0.2) is 23.3 Å². The van der Waals surface area contributed by atoms with Gasteiger partial charge in [-0.15, -0.1) is 0 Å². The van der Waals surface area contributed by atoms with Gasteiger partial charge in [0.05, 0.1) is 5.92 Å². The van der Waals surface area contributed by atoms with Gasteiger partial charge in [0.25, 0.3) is 0 Å². The molecule has 2 aromatic rings. The zero-order valence-corrected chi connectivity index (χ0v) is 12.0. The molecule has 2 aromatic carbocycles. The van der Waals surface area contributed by atoms with Crippen molar-refractivity contribution in [2.24, 2.45) is 5.92 Å². The van der Waals surface area contributed by atoms with E-state index >= 15 is 0 Å². The minimum Gasteiger partial charge on any atom is -0.282 e. The molecule has 0 saturated carbocycles. The van der Waals surface area contributed by atoms with Gasteiger partial charge >= 0.3 is 0 Å². The van der Waals surface area contributed by atoms with E-state index in [1.165, 1.54) is 15.7 Å². The Balaban J connectivity index is 1.82. The molecule has 1 atom stereocenters. The van der Waals surface area contributed by atoms with E-state index in [2.05, 4.69) is 24.3 Å². The van der Waals surface area contributed by atoms with Crippen molar-refractivity contribution in [3.63, 3.8) is 0 Å². The number of amides is 2. The van der Waals surface area contributed by atoms with Crippen LogP contribution in [0.1, 0.15) is 18.9 Å². The number of fused-ring (bicyclic) bond motifs is 1. The van der Waals surface area contributed by atoms with Crippen molar-refractivity contribution in [2.45, 2.75) is 13.3 Å². The highest BCUT2D eigenvalue weighted by atomic mass is 16.2. The topological polar surface area (TPSA) is 37.4 Å². The van der Waals surface area contributed by atoms with Crippen LogP contribution in [0.25, 0.3) is 16.8 Å². The minimum absolute atomic E-state index is 0.0735. The number of nitrogens with zero attached hydrogens (tertiary/aromatic N) is 1. The molecule has 1 heterocycles. The second-order valence-corrected chi connectivity index (χ2v) is 5.25. The van der Waals surface area contributed by atoms with Crippen molar-refractivity contribution in [1.82, 2.24) is 4.90 Å². The Morgan fingerprint density at radius 1 is 1.14 bits per heavy atom. The van der Waals surface area contributed by atoms with Gasteiger partial charge in [0.2, 0.25) is 11.8 Å². The van der Waals surface area contributed by atoms with Crippen molar-refractivity contribution < 1.29 is 9.59 Å². The van der Waals surface area contributed by atoms with Crippen molar-refractivity contribution >= 4 is 28.7 Å². The highest BCUT2D eigenvalue weighted by Crippen LogP contribution is 2.22. The normalized spacial score (nSPS) is 19.1. The summed E-state index contributed by atoms with van der Waals surface area (Å²) in [5.41, 5.74) is 1.05. The van der Waals surface area contributed by atoms with E-state index in [0.29, 0.717) is 6.54 Å². The second-order valence-electron chi connectivity index (χ2n) is 5.25. The lowest BCUT2D eigenvalue weighted by molar-refractivity contribution is -0.138. The molecule has 3 rings (SSSR count). The molecule has 0 N–H and O–H groups in total. The first-order valence-corrected chi connectivity index (χ1v) is 7.20. The molecule has 1 fully saturated rings. The molecule has 1 saturated heterocycles. The average molecular weight is 279 g/mol. The van der Waals surface area contributed by atoms with Gasteiger partial charge in [0, 0.05) is 13.0 Å². The van der Waals surface area contributed by atoms with Crippen LogP contribution in [0.5, 0.6) is 0 Å². The standard InChI is InChI=1S/C18H17NO2/c1-2-19-17(20)12-16(18(19)21)10-8-13-7-9-14-5-3-4-6-15(14)11-13/h3-11,16H,2,12H2,1H3/b10-8+. The fraction of sp³-hybridized carbons (Fsp3) is 0.222. The first-order chi connectivity index (χ1) is 10.2. The van der Waals surface area contributed by atoms with Crippen molar-refractivity contribution in [3.05, 3.63) is 54.1 Å². The maximum Gasteiger partial charge on any atom is 0.236 e. The molecular formula is C18H17NO2. The maximum absolute atomic E-state index is 12.0. The van der Waals surface area contributed by atoms with Crippen LogP contribution >= 0.6 is 0 Å². The molecule has 2 amide bonds. The lowest BCUT2D eigenvalue weighted by atomic mass is 10.0. The number of hydrogen-bond acceptors (Lipinski definition) is 2. The molecule has 1 aliphatic heterocycles. The average Bonchev–Trinajstić information content (AvgIpc) is 2.78. The Morgan fingerprint density at radius 3 is 2.62 bits per heavy atom. The van der Waals surface area contributed by atoms with E-state index < -0.39 is 0 Å². The minimum atomic E-state index is -0.316. The van der Waals surface area contributed by atoms with Crippen LogP contribution in [0.15, 0.2) is 48.5 Å². The van der Waals surface area contributed by atoms with Gasteiger partial charge in [-0.1, -0.05) is 48.6 Å². The zero-order chi connectivity index (χ0) is 14.8. The predicted octanol–water partition coefficient (Wildman–Crippen LogP) is 3.25. The summed E-state index contributed by atoms with van der Waals surface area (Å²) in [6.45, 7) is 2.28. The Bertz CT molecular complexity index is 733. The summed E-state index contributed by atoms with van der Waals surface area (Å²) < 4.78 is 0. The Labute approximate surface area is 123 Å². The zero-order valence-electron chi connectivity index (χ0n) is 12.0. The molecule has 3 nitrogen and oxygen atoms in total. The maximum atomic E-state index is 12.0. The van der Waals surface area contributed by atoms with Crippen LogP contribution in [0.4, 0.5) is 0 Å². The molecule has 0 bridgehead atoms. The quantitative estimate of drug-likeness (QED) is 0.809. The smallest absolute Gasteiger partial charge is 0.236 e. The molecule has 0 aliphatic carbocycles. The number of likely N-dealkylation sites (tertiary alicyclic amines) is 1. The first kappa shape index (κ1) is 13.6. The third-order valence-electron chi connectivity index (χ3n) is 3.89. The lowest BCUT2D eigenvalue weighted by Crippen LogP contribution is -2.29. The first-order valence-electron chi connectivity index (χ1n) is 7.20. The molecule has 3 heteroatoms. The van der Waals surface area contributed by atoms with Crippen LogP contribution < -0.4 is 0 Å². The van der Waals surface area contributed by atoms with Gasteiger partial charge in [-0.05, 0) is 29.3 Å². The summed E-state index contributed by atoms with van der Waals surface area (Å²) in [6.07, 6.45) is 4.07. The molecule has 106 valence electrons. The highest BCUT2D eigenvalue weighted by molar-refractivity contribution is 6.04. The molecule has 0 aromatic heterocycles. The van der Waals surface area contributed by atoms with Gasteiger partial charge in [-0.2, -0.15) is 0 Å². The van der Waals surface area contributed by atoms with E-state index in [1.54, 1.807) is 0 Å².